The van der Waals surface area contributed by atoms with Gasteiger partial charge in [-0.2, -0.15) is 0 Å². The van der Waals surface area contributed by atoms with Gasteiger partial charge in [-0.3, -0.25) is 9.59 Å². The van der Waals surface area contributed by atoms with Crippen molar-refractivity contribution in [1.82, 2.24) is 9.88 Å². The first-order valence-corrected chi connectivity index (χ1v) is 7.75. The van der Waals surface area contributed by atoms with Gasteiger partial charge in [-0.1, -0.05) is 0 Å². The predicted octanol–water partition coefficient (Wildman–Crippen LogP) is 1.10. The van der Waals surface area contributed by atoms with Crippen molar-refractivity contribution in [1.29, 1.82) is 0 Å². The predicted molar refractivity (Wildman–Crippen MR) is 79.4 cm³/mol. The molecule has 21 heavy (non-hydrogen) atoms. The minimum Gasteiger partial charge on any atom is -0.391 e. The molecule has 0 spiro atoms. The zero-order chi connectivity index (χ0) is 15.0. The average molecular weight is 290 g/mol. The maximum absolute atomic E-state index is 12.4. The van der Waals surface area contributed by atoms with E-state index in [-0.39, 0.29) is 17.0 Å². The monoisotopic (exact) mass is 290 g/mol. The van der Waals surface area contributed by atoms with Gasteiger partial charge in [0.1, 0.15) is 5.56 Å². The number of H-pyrrole nitrogens is 1. The largest absolute Gasteiger partial charge is 0.391 e. The molecule has 1 saturated carbocycles. The van der Waals surface area contributed by atoms with Crippen molar-refractivity contribution < 1.29 is 9.90 Å². The normalized spacial score (nSPS) is 19.0. The van der Waals surface area contributed by atoms with Crippen LogP contribution in [0.1, 0.15) is 47.3 Å². The number of hydrogen-bond donors (Lipinski definition) is 2. The molecular formula is C16H22N2O3. The fraction of sp³-hybridized carbons (Fsp3) is 0.625. The number of carbonyl (C=O) groups is 1. The van der Waals surface area contributed by atoms with Crippen LogP contribution >= 0.6 is 0 Å². The van der Waals surface area contributed by atoms with Gasteiger partial charge in [0.05, 0.1) is 6.10 Å². The first kappa shape index (κ1) is 14.3. The molecule has 0 saturated heterocycles. The Morgan fingerprint density at radius 1 is 1.43 bits per heavy atom. The molecule has 0 radical (unpaired) electrons. The number of nitrogens with zero attached hydrogens (tertiary/aromatic N) is 1. The Balaban J connectivity index is 1.78. The van der Waals surface area contributed by atoms with E-state index in [2.05, 4.69) is 4.98 Å². The Kier molecular flexibility index (Phi) is 3.85. The molecule has 1 amide bonds. The minimum absolute atomic E-state index is 0.196. The second-order valence-corrected chi connectivity index (χ2v) is 6.31. The lowest BCUT2D eigenvalue weighted by Gasteiger charge is -2.22. The maximum Gasteiger partial charge on any atom is 0.261 e. The average Bonchev–Trinajstić information content (AvgIpc) is 3.30. The number of amides is 1. The zero-order valence-corrected chi connectivity index (χ0v) is 12.4. The second kappa shape index (κ2) is 5.64. The Hall–Kier alpha value is -1.62. The fourth-order valence-electron chi connectivity index (χ4n) is 3.03. The summed E-state index contributed by atoms with van der Waals surface area (Å²) < 4.78 is 0. The van der Waals surface area contributed by atoms with Crippen molar-refractivity contribution in [3.63, 3.8) is 0 Å². The van der Waals surface area contributed by atoms with Crippen LogP contribution in [0.3, 0.4) is 0 Å². The maximum atomic E-state index is 12.4. The van der Waals surface area contributed by atoms with Crippen molar-refractivity contribution in [2.24, 2.45) is 5.92 Å². The van der Waals surface area contributed by atoms with Crippen molar-refractivity contribution in [2.45, 2.75) is 44.6 Å². The summed E-state index contributed by atoms with van der Waals surface area (Å²) >= 11 is 0. The summed E-state index contributed by atoms with van der Waals surface area (Å²) in [5.74, 6) is 0.0198. The lowest BCUT2D eigenvalue weighted by molar-refractivity contribution is 0.0643. The molecule has 2 N–H and O–H groups in total. The topological polar surface area (TPSA) is 73.4 Å². The third-order valence-corrected chi connectivity index (χ3v) is 4.54. The van der Waals surface area contributed by atoms with Crippen molar-refractivity contribution >= 4 is 5.91 Å². The summed E-state index contributed by atoms with van der Waals surface area (Å²) in [4.78, 5) is 28.8. The van der Waals surface area contributed by atoms with Crippen LogP contribution in [0, 0.1) is 5.92 Å². The number of aryl methyl sites for hydroxylation is 2. The van der Waals surface area contributed by atoms with Gasteiger partial charge in [-0.15, -0.1) is 0 Å². The quantitative estimate of drug-likeness (QED) is 0.872. The van der Waals surface area contributed by atoms with Gasteiger partial charge in [-0.25, -0.2) is 0 Å². The van der Waals surface area contributed by atoms with Crippen molar-refractivity contribution in [3.8, 4) is 0 Å². The van der Waals surface area contributed by atoms with Crippen molar-refractivity contribution in [2.75, 3.05) is 13.6 Å². The van der Waals surface area contributed by atoms with E-state index in [4.69, 9.17) is 0 Å². The zero-order valence-electron chi connectivity index (χ0n) is 12.4. The van der Waals surface area contributed by atoms with Gasteiger partial charge in [0.2, 0.25) is 0 Å². The molecule has 1 atom stereocenters. The number of pyridine rings is 1. The highest BCUT2D eigenvalue weighted by Crippen LogP contribution is 2.32. The summed E-state index contributed by atoms with van der Waals surface area (Å²) in [6.45, 7) is 0.292. The van der Waals surface area contributed by atoms with Crippen LogP contribution in [0.5, 0.6) is 0 Å². The molecule has 1 aromatic heterocycles. The van der Waals surface area contributed by atoms with Crippen LogP contribution in [-0.4, -0.2) is 40.6 Å². The number of aromatic amines is 1. The number of fused-ring (bicyclic) bond motifs is 1. The van der Waals surface area contributed by atoms with E-state index in [1.54, 1.807) is 13.1 Å². The molecule has 0 aromatic carbocycles. The van der Waals surface area contributed by atoms with Gasteiger partial charge in [0.25, 0.3) is 11.5 Å². The highest BCUT2D eigenvalue weighted by atomic mass is 16.3. The molecule has 2 aliphatic carbocycles. The molecule has 0 bridgehead atoms. The number of nitrogens with one attached hydrogen (secondary N) is 1. The van der Waals surface area contributed by atoms with E-state index < -0.39 is 6.10 Å². The SMILES string of the molecule is CN(CC(O)C1CC1)C(=O)c1cc2c([nH]c1=O)CCCC2. The van der Waals surface area contributed by atoms with Gasteiger partial charge >= 0.3 is 0 Å². The number of carbonyl (C=O) groups excluding carboxylic acids is 1. The lowest BCUT2D eigenvalue weighted by atomic mass is 9.95. The number of aliphatic hydroxyl groups is 1. The Morgan fingerprint density at radius 3 is 2.86 bits per heavy atom. The lowest BCUT2D eigenvalue weighted by Crippen LogP contribution is -2.38. The van der Waals surface area contributed by atoms with Crippen LogP contribution in [0.15, 0.2) is 10.9 Å². The van der Waals surface area contributed by atoms with Gasteiger partial charge in [0, 0.05) is 19.3 Å². The van der Waals surface area contributed by atoms with Crippen molar-refractivity contribution in [3.05, 3.63) is 33.2 Å². The van der Waals surface area contributed by atoms with Gasteiger partial charge in [-0.05, 0) is 56.1 Å². The standard InChI is InChI=1S/C16H22N2O3/c1-18(9-14(19)10-6-7-10)16(21)12-8-11-4-2-3-5-13(11)17-15(12)20/h8,10,14,19H,2-7,9H2,1H3,(H,17,20). The second-order valence-electron chi connectivity index (χ2n) is 6.31. The third kappa shape index (κ3) is 3.02. The van der Waals surface area contributed by atoms with Crippen LogP contribution in [0.2, 0.25) is 0 Å². The van der Waals surface area contributed by atoms with Crippen LogP contribution in [0.4, 0.5) is 0 Å². The Bertz CT molecular complexity index is 604. The Morgan fingerprint density at radius 2 is 2.14 bits per heavy atom. The van der Waals surface area contributed by atoms with Crippen LogP contribution in [0.25, 0.3) is 0 Å². The molecular weight excluding hydrogens is 268 g/mol. The summed E-state index contributed by atoms with van der Waals surface area (Å²) in [6, 6.07) is 1.75. The molecule has 1 unspecified atom stereocenters. The van der Waals surface area contributed by atoms with E-state index in [1.807, 2.05) is 0 Å². The van der Waals surface area contributed by atoms with E-state index >= 15 is 0 Å². The molecule has 2 aliphatic rings. The fourth-order valence-corrected chi connectivity index (χ4v) is 3.03. The highest BCUT2D eigenvalue weighted by Gasteiger charge is 2.31. The summed E-state index contributed by atoms with van der Waals surface area (Å²) in [5.41, 5.74) is 1.94. The summed E-state index contributed by atoms with van der Waals surface area (Å²) in [7, 11) is 1.65. The van der Waals surface area contributed by atoms with E-state index in [0.717, 1.165) is 49.8 Å². The van der Waals surface area contributed by atoms with Gasteiger partial charge in [0.15, 0.2) is 0 Å². The smallest absolute Gasteiger partial charge is 0.261 e. The van der Waals surface area contributed by atoms with E-state index in [1.165, 1.54) is 4.90 Å². The molecule has 0 aliphatic heterocycles. The number of aromatic nitrogens is 1. The Labute approximate surface area is 124 Å². The molecule has 3 rings (SSSR count). The molecule has 5 nitrogen and oxygen atoms in total. The molecule has 114 valence electrons. The number of likely N-dealkylation sites (N-methyl/N-ethyl adjacent to an activating group) is 1. The first-order chi connectivity index (χ1) is 10.1. The molecule has 1 aromatic rings. The highest BCUT2D eigenvalue weighted by molar-refractivity contribution is 5.93. The van der Waals surface area contributed by atoms with E-state index in [9.17, 15) is 14.7 Å². The van der Waals surface area contributed by atoms with E-state index in [0.29, 0.717) is 12.5 Å². The minimum atomic E-state index is -0.476. The molecule has 5 heteroatoms. The third-order valence-electron chi connectivity index (χ3n) is 4.54. The van der Waals surface area contributed by atoms with Crippen LogP contribution < -0.4 is 5.56 Å². The summed E-state index contributed by atoms with van der Waals surface area (Å²) in [5, 5.41) is 9.94. The summed E-state index contributed by atoms with van der Waals surface area (Å²) in [6.07, 6.45) is 5.57. The first-order valence-electron chi connectivity index (χ1n) is 7.75. The molecule has 1 heterocycles. The number of aliphatic hydroxyl groups excluding tert-OH is 1. The molecule has 1 fully saturated rings. The number of hydrogen-bond acceptors (Lipinski definition) is 3. The van der Waals surface area contributed by atoms with Gasteiger partial charge < -0.3 is 15.0 Å². The van der Waals surface area contributed by atoms with Crippen LogP contribution in [-0.2, 0) is 12.8 Å². The number of rotatable bonds is 4.